The molecule has 3 heteroatoms. The molecule has 0 aromatic rings. The Kier molecular flexibility index (Phi) is 3.53. The largest absolute Gasteiger partial charge is 0.327 e. The molecule has 0 unspecified atom stereocenters. The van der Waals surface area contributed by atoms with Gasteiger partial charge >= 0.3 is 0 Å². The normalized spacial score (nSPS) is 37.2. The quantitative estimate of drug-likeness (QED) is 0.530. The van der Waals surface area contributed by atoms with Gasteiger partial charge in [0.05, 0.1) is 19.8 Å². The van der Waals surface area contributed by atoms with E-state index in [1.807, 2.05) is 0 Å². The van der Waals surface area contributed by atoms with Crippen molar-refractivity contribution in [2.45, 2.75) is 45.0 Å². The summed E-state index contributed by atoms with van der Waals surface area (Å²) in [5, 5.41) is 0. The van der Waals surface area contributed by atoms with Crippen LogP contribution in [0.2, 0.25) is 0 Å². The molecule has 3 nitrogen and oxygen atoms in total. The molecule has 0 spiro atoms. The lowest BCUT2D eigenvalue weighted by atomic mass is 9.84. The second kappa shape index (κ2) is 4.75. The number of terminal acetylenes is 1. The summed E-state index contributed by atoms with van der Waals surface area (Å²) in [4.78, 5) is 0. The van der Waals surface area contributed by atoms with Crippen LogP contribution in [0.5, 0.6) is 0 Å². The summed E-state index contributed by atoms with van der Waals surface area (Å²) < 4.78 is 17.3. The van der Waals surface area contributed by atoms with Crippen molar-refractivity contribution in [3.05, 3.63) is 0 Å². The summed E-state index contributed by atoms with van der Waals surface area (Å²) in [7, 11) is 0. The Hall–Kier alpha value is -0.560. The fourth-order valence-electron chi connectivity index (χ4n) is 2.41. The Bertz CT molecular complexity index is 255. The predicted molar refractivity (Wildman–Crippen MR) is 60.6 cm³/mol. The molecule has 0 amide bonds. The van der Waals surface area contributed by atoms with Gasteiger partial charge in [-0.05, 0) is 12.8 Å². The van der Waals surface area contributed by atoms with E-state index >= 15 is 0 Å². The van der Waals surface area contributed by atoms with Crippen LogP contribution in [0.25, 0.3) is 0 Å². The van der Waals surface area contributed by atoms with Crippen LogP contribution < -0.4 is 0 Å². The van der Waals surface area contributed by atoms with Crippen LogP contribution in [0.3, 0.4) is 0 Å². The van der Waals surface area contributed by atoms with Crippen LogP contribution in [-0.4, -0.2) is 25.8 Å². The molecule has 3 fully saturated rings. The van der Waals surface area contributed by atoms with Gasteiger partial charge in [0.1, 0.15) is 0 Å². The zero-order valence-electron chi connectivity index (χ0n) is 9.96. The zero-order chi connectivity index (χ0) is 11.5. The van der Waals surface area contributed by atoms with Gasteiger partial charge in [0, 0.05) is 18.3 Å². The van der Waals surface area contributed by atoms with E-state index in [9.17, 15) is 0 Å². The second-order valence-corrected chi connectivity index (χ2v) is 4.86. The molecule has 3 saturated heterocycles. The predicted octanol–water partition coefficient (Wildman–Crippen LogP) is 2.31. The average Bonchev–Trinajstić information content (AvgIpc) is 2.32. The molecule has 0 atom stereocenters. The summed E-state index contributed by atoms with van der Waals surface area (Å²) >= 11 is 0. The van der Waals surface area contributed by atoms with E-state index in [1.54, 1.807) is 0 Å². The highest BCUT2D eigenvalue weighted by molar-refractivity contribution is 4.89. The number of fused-ring (bicyclic) bond motifs is 3. The van der Waals surface area contributed by atoms with Crippen molar-refractivity contribution in [1.82, 2.24) is 0 Å². The topological polar surface area (TPSA) is 27.7 Å². The molecule has 0 N–H and O–H groups in total. The maximum Gasteiger partial charge on any atom is 0.282 e. The van der Waals surface area contributed by atoms with Crippen molar-refractivity contribution in [1.29, 1.82) is 0 Å². The molecular weight excluding hydrogens is 204 g/mol. The number of hydrogen-bond donors (Lipinski definition) is 0. The molecule has 3 rings (SSSR count). The van der Waals surface area contributed by atoms with Crippen molar-refractivity contribution < 1.29 is 14.2 Å². The number of hydrogen-bond acceptors (Lipinski definition) is 3. The average molecular weight is 224 g/mol. The SMILES string of the molecule is C#CCCCC12OCC(CCC)(CO1)CO2. The van der Waals surface area contributed by atoms with Gasteiger partial charge in [-0.1, -0.05) is 13.3 Å². The molecule has 90 valence electrons. The fourth-order valence-corrected chi connectivity index (χ4v) is 2.41. The monoisotopic (exact) mass is 224 g/mol. The lowest BCUT2D eigenvalue weighted by Crippen LogP contribution is -2.59. The summed E-state index contributed by atoms with van der Waals surface area (Å²) in [5.74, 6) is 1.84. The van der Waals surface area contributed by atoms with Gasteiger partial charge in [-0.3, -0.25) is 0 Å². The molecule has 16 heavy (non-hydrogen) atoms. The van der Waals surface area contributed by atoms with Crippen molar-refractivity contribution in [3.63, 3.8) is 0 Å². The fraction of sp³-hybridized carbons (Fsp3) is 0.846. The lowest BCUT2D eigenvalue weighted by Gasteiger charge is -2.52. The van der Waals surface area contributed by atoms with E-state index in [2.05, 4.69) is 12.8 Å². The third-order valence-corrected chi connectivity index (χ3v) is 3.38. The van der Waals surface area contributed by atoms with Crippen LogP contribution >= 0.6 is 0 Å². The summed E-state index contributed by atoms with van der Waals surface area (Å²) in [6, 6.07) is 0. The van der Waals surface area contributed by atoms with Gasteiger partial charge in [0.15, 0.2) is 0 Å². The molecule has 0 aromatic carbocycles. The standard InChI is InChI=1S/C13H20O3/c1-3-5-6-8-13-14-9-12(7-4-2,10-15-13)11-16-13/h1H,4-11H2,2H3. The Morgan fingerprint density at radius 2 is 1.75 bits per heavy atom. The minimum absolute atomic E-state index is 0.0998. The van der Waals surface area contributed by atoms with E-state index in [-0.39, 0.29) is 5.41 Å². The van der Waals surface area contributed by atoms with Crippen LogP contribution in [0, 0.1) is 17.8 Å². The highest BCUT2D eigenvalue weighted by atomic mass is 16.9. The molecule has 3 heterocycles. The molecule has 3 aliphatic heterocycles. The molecule has 0 aromatic heterocycles. The third kappa shape index (κ3) is 2.24. The van der Waals surface area contributed by atoms with Crippen molar-refractivity contribution >= 4 is 0 Å². The Labute approximate surface area is 97.4 Å². The summed E-state index contributed by atoms with van der Waals surface area (Å²) in [6.07, 6.45) is 9.84. The molecule has 0 saturated carbocycles. The minimum atomic E-state index is -0.785. The Morgan fingerprint density at radius 3 is 2.25 bits per heavy atom. The lowest BCUT2D eigenvalue weighted by molar-refractivity contribution is -0.470. The molecule has 3 aliphatic rings. The van der Waals surface area contributed by atoms with Gasteiger partial charge in [0.2, 0.25) is 0 Å². The van der Waals surface area contributed by atoms with E-state index < -0.39 is 5.97 Å². The first-order chi connectivity index (χ1) is 7.74. The van der Waals surface area contributed by atoms with E-state index in [0.29, 0.717) is 0 Å². The zero-order valence-corrected chi connectivity index (χ0v) is 9.96. The van der Waals surface area contributed by atoms with Crippen molar-refractivity contribution in [2.24, 2.45) is 5.41 Å². The summed E-state index contributed by atoms with van der Waals surface area (Å²) in [6.45, 7) is 4.46. The van der Waals surface area contributed by atoms with Gasteiger partial charge < -0.3 is 14.2 Å². The van der Waals surface area contributed by atoms with Gasteiger partial charge in [0.25, 0.3) is 5.97 Å². The van der Waals surface area contributed by atoms with Crippen molar-refractivity contribution in [2.75, 3.05) is 19.8 Å². The highest BCUT2D eigenvalue weighted by Gasteiger charge is 2.51. The molecule has 2 bridgehead atoms. The Balaban J connectivity index is 1.88. The van der Waals surface area contributed by atoms with Crippen molar-refractivity contribution in [3.8, 4) is 12.3 Å². The Morgan fingerprint density at radius 1 is 1.12 bits per heavy atom. The van der Waals surface area contributed by atoms with Gasteiger partial charge in [-0.2, -0.15) is 0 Å². The van der Waals surface area contributed by atoms with E-state index in [1.165, 1.54) is 0 Å². The summed E-state index contributed by atoms with van der Waals surface area (Å²) in [5.41, 5.74) is 0.0998. The first-order valence-electron chi connectivity index (χ1n) is 6.10. The second-order valence-electron chi connectivity index (χ2n) is 4.86. The third-order valence-electron chi connectivity index (χ3n) is 3.38. The van der Waals surface area contributed by atoms with Gasteiger partial charge in [-0.15, -0.1) is 12.3 Å². The highest BCUT2D eigenvalue weighted by Crippen LogP contribution is 2.43. The number of rotatable bonds is 5. The smallest absolute Gasteiger partial charge is 0.282 e. The van der Waals surface area contributed by atoms with E-state index in [0.717, 1.165) is 51.9 Å². The first-order valence-corrected chi connectivity index (χ1v) is 6.10. The molecule has 0 aliphatic carbocycles. The number of ether oxygens (including phenoxy) is 3. The molecule has 0 radical (unpaired) electrons. The van der Waals surface area contributed by atoms with Gasteiger partial charge in [-0.25, -0.2) is 0 Å². The molecular formula is C13H20O3. The maximum absolute atomic E-state index is 5.75. The maximum atomic E-state index is 5.75. The number of unbranched alkanes of at least 4 members (excludes halogenated alkanes) is 1. The van der Waals surface area contributed by atoms with Crippen LogP contribution in [0.4, 0.5) is 0 Å². The minimum Gasteiger partial charge on any atom is -0.327 e. The first kappa shape index (κ1) is 11.9. The van der Waals surface area contributed by atoms with E-state index in [4.69, 9.17) is 20.6 Å². The van der Waals surface area contributed by atoms with Crippen LogP contribution in [0.1, 0.15) is 39.0 Å². The van der Waals surface area contributed by atoms with Crippen LogP contribution in [-0.2, 0) is 14.2 Å². The van der Waals surface area contributed by atoms with Crippen LogP contribution in [0.15, 0.2) is 0 Å².